The van der Waals surface area contributed by atoms with Gasteiger partial charge in [-0.05, 0) is 37.6 Å². The highest BCUT2D eigenvalue weighted by molar-refractivity contribution is 9.10. The van der Waals surface area contributed by atoms with Crippen LogP contribution in [0.25, 0.3) is 0 Å². The van der Waals surface area contributed by atoms with Crippen molar-refractivity contribution < 1.29 is 9.90 Å². The number of carbonyl (C=O) groups is 1. The van der Waals surface area contributed by atoms with Crippen LogP contribution in [-0.2, 0) is 4.79 Å². The average Bonchev–Trinajstić information content (AvgIpc) is 2.83. The molecule has 1 aliphatic heterocycles. The molecule has 2 N–H and O–H groups in total. The van der Waals surface area contributed by atoms with E-state index in [9.17, 15) is 9.90 Å². The summed E-state index contributed by atoms with van der Waals surface area (Å²) in [5.41, 5.74) is 0.805. The molecule has 1 amide bonds. The van der Waals surface area contributed by atoms with Crippen LogP contribution in [0.3, 0.4) is 0 Å². The summed E-state index contributed by atoms with van der Waals surface area (Å²) in [7, 11) is 0. The Bertz CT molecular complexity index is 439. The maximum atomic E-state index is 11.9. The molecule has 0 bridgehead atoms. The van der Waals surface area contributed by atoms with E-state index in [1.165, 1.54) is 0 Å². The standard InChI is InChI=1S/C14H19BrN2O2/c15-11-3-1-4-12(9-11)16-14(19)6-8-17-7-2-5-13(17)10-18/h1,3-4,9,13,18H,2,5-8,10H2,(H,16,19). The van der Waals surface area contributed by atoms with Crippen molar-refractivity contribution in [1.29, 1.82) is 0 Å². The van der Waals surface area contributed by atoms with Crippen molar-refractivity contribution in [3.05, 3.63) is 28.7 Å². The normalized spacial score (nSPS) is 19.6. The van der Waals surface area contributed by atoms with Crippen LogP contribution >= 0.6 is 15.9 Å². The second-order valence-corrected chi connectivity index (χ2v) is 5.74. The molecular formula is C14H19BrN2O2. The predicted octanol–water partition coefficient (Wildman–Crippen LogP) is 2.23. The smallest absolute Gasteiger partial charge is 0.225 e. The zero-order valence-electron chi connectivity index (χ0n) is 10.8. The molecule has 0 aliphatic carbocycles. The molecule has 0 saturated carbocycles. The number of carbonyl (C=O) groups excluding carboxylic acids is 1. The van der Waals surface area contributed by atoms with Gasteiger partial charge in [0.1, 0.15) is 0 Å². The zero-order valence-corrected chi connectivity index (χ0v) is 12.4. The molecule has 5 heteroatoms. The summed E-state index contributed by atoms with van der Waals surface area (Å²) in [4.78, 5) is 14.1. The summed E-state index contributed by atoms with van der Waals surface area (Å²) < 4.78 is 0.949. The van der Waals surface area contributed by atoms with Crippen molar-refractivity contribution in [3.63, 3.8) is 0 Å². The first-order valence-corrected chi connectivity index (χ1v) is 7.38. The minimum absolute atomic E-state index is 0.0155. The lowest BCUT2D eigenvalue weighted by atomic mass is 10.2. The fraction of sp³-hybridized carbons (Fsp3) is 0.500. The summed E-state index contributed by atoms with van der Waals surface area (Å²) in [6.07, 6.45) is 2.60. The summed E-state index contributed by atoms with van der Waals surface area (Å²) in [6, 6.07) is 7.80. The van der Waals surface area contributed by atoms with Crippen LogP contribution in [0, 0.1) is 0 Å². The summed E-state index contributed by atoms with van der Waals surface area (Å²) in [5, 5.41) is 12.1. The first-order valence-electron chi connectivity index (χ1n) is 6.59. The molecule has 1 aliphatic rings. The number of amides is 1. The van der Waals surface area contributed by atoms with Gasteiger partial charge in [0.15, 0.2) is 0 Å². The molecule has 0 radical (unpaired) electrons. The van der Waals surface area contributed by atoms with Crippen LogP contribution in [0.4, 0.5) is 5.69 Å². The van der Waals surface area contributed by atoms with Gasteiger partial charge < -0.3 is 10.4 Å². The van der Waals surface area contributed by atoms with Crippen LogP contribution in [0.2, 0.25) is 0 Å². The number of halogens is 1. The SMILES string of the molecule is O=C(CCN1CCCC1CO)Nc1cccc(Br)c1. The average molecular weight is 327 g/mol. The largest absolute Gasteiger partial charge is 0.395 e. The molecule has 1 fully saturated rings. The number of aliphatic hydroxyl groups excluding tert-OH is 1. The van der Waals surface area contributed by atoms with E-state index in [1.54, 1.807) is 0 Å². The molecule has 4 nitrogen and oxygen atoms in total. The number of hydrogen-bond acceptors (Lipinski definition) is 3. The van der Waals surface area contributed by atoms with Gasteiger partial charge in [-0.1, -0.05) is 22.0 Å². The van der Waals surface area contributed by atoms with E-state index in [2.05, 4.69) is 26.1 Å². The van der Waals surface area contributed by atoms with E-state index in [1.807, 2.05) is 24.3 Å². The predicted molar refractivity (Wildman–Crippen MR) is 79.1 cm³/mol. The third kappa shape index (κ3) is 4.30. The Morgan fingerprint density at radius 3 is 3.11 bits per heavy atom. The number of hydrogen-bond donors (Lipinski definition) is 2. The Hall–Kier alpha value is -0.910. The van der Waals surface area contributed by atoms with E-state index in [-0.39, 0.29) is 18.6 Å². The highest BCUT2D eigenvalue weighted by Crippen LogP contribution is 2.18. The van der Waals surface area contributed by atoms with Gasteiger partial charge in [0, 0.05) is 29.2 Å². The fourth-order valence-corrected chi connectivity index (χ4v) is 2.83. The molecule has 1 aromatic rings. The van der Waals surface area contributed by atoms with Crippen molar-refractivity contribution in [1.82, 2.24) is 4.90 Å². The highest BCUT2D eigenvalue weighted by Gasteiger charge is 2.23. The van der Waals surface area contributed by atoms with Gasteiger partial charge in [0.2, 0.25) is 5.91 Å². The van der Waals surface area contributed by atoms with E-state index >= 15 is 0 Å². The monoisotopic (exact) mass is 326 g/mol. The minimum atomic E-state index is 0.0155. The summed E-state index contributed by atoms with van der Waals surface area (Å²) in [5.74, 6) is 0.0155. The second kappa shape index (κ2) is 7.03. The van der Waals surface area contributed by atoms with Crippen LogP contribution < -0.4 is 5.32 Å². The first kappa shape index (κ1) is 14.5. The number of likely N-dealkylation sites (tertiary alicyclic amines) is 1. The van der Waals surface area contributed by atoms with E-state index in [0.29, 0.717) is 13.0 Å². The van der Waals surface area contributed by atoms with Crippen molar-refractivity contribution in [2.45, 2.75) is 25.3 Å². The van der Waals surface area contributed by atoms with Crippen LogP contribution in [0.15, 0.2) is 28.7 Å². The lowest BCUT2D eigenvalue weighted by molar-refractivity contribution is -0.116. The topological polar surface area (TPSA) is 52.6 Å². The molecule has 0 spiro atoms. The number of rotatable bonds is 5. The lowest BCUT2D eigenvalue weighted by Crippen LogP contribution is -2.34. The molecule has 104 valence electrons. The van der Waals surface area contributed by atoms with Crippen LogP contribution in [0.5, 0.6) is 0 Å². The molecule has 1 aromatic carbocycles. The van der Waals surface area contributed by atoms with Gasteiger partial charge in [0.05, 0.1) is 6.61 Å². The Labute approximate surface area is 121 Å². The van der Waals surface area contributed by atoms with Gasteiger partial charge in [-0.15, -0.1) is 0 Å². The van der Waals surface area contributed by atoms with Crippen LogP contribution in [0.1, 0.15) is 19.3 Å². The van der Waals surface area contributed by atoms with Gasteiger partial charge in [-0.25, -0.2) is 0 Å². The molecule has 1 saturated heterocycles. The third-order valence-electron chi connectivity index (χ3n) is 3.44. The number of nitrogens with one attached hydrogen (secondary N) is 1. The summed E-state index contributed by atoms with van der Waals surface area (Å²) >= 11 is 3.37. The zero-order chi connectivity index (χ0) is 13.7. The van der Waals surface area contributed by atoms with E-state index in [0.717, 1.165) is 29.5 Å². The number of benzene rings is 1. The third-order valence-corrected chi connectivity index (χ3v) is 3.94. The minimum Gasteiger partial charge on any atom is -0.395 e. The Morgan fingerprint density at radius 2 is 2.37 bits per heavy atom. The Balaban J connectivity index is 1.78. The lowest BCUT2D eigenvalue weighted by Gasteiger charge is -2.22. The molecule has 1 unspecified atom stereocenters. The maximum absolute atomic E-state index is 11.9. The number of aliphatic hydroxyl groups is 1. The Morgan fingerprint density at radius 1 is 1.53 bits per heavy atom. The van der Waals surface area contributed by atoms with Crippen molar-refractivity contribution in [3.8, 4) is 0 Å². The second-order valence-electron chi connectivity index (χ2n) is 4.82. The van der Waals surface area contributed by atoms with Gasteiger partial charge in [-0.2, -0.15) is 0 Å². The quantitative estimate of drug-likeness (QED) is 0.872. The fourth-order valence-electron chi connectivity index (χ4n) is 2.43. The molecule has 0 aromatic heterocycles. The van der Waals surface area contributed by atoms with E-state index < -0.39 is 0 Å². The highest BCUT2D eigenvalue weighted by atomic mass is 79.9. The summed E-state index contributed by atoms with van der Waals surface area (Å²) in [6.45, 7) is 1.88. The van der Waals surface area contributed by atoms with Crippen molar-refractivity contribution in [2.24, 2.45) is 0 Å². The molecule has 1 heterocycles. The molecule has 2 rings (SSSR count). The molecule has 19 heavy (non-hydrogen) atoms. The molecule has 1 atom stereocenters. The van der Waals surface area contributed by atoms with E-state index in [4.69, 9.17) is 0 Å². The number of nitrogens with zero attached hydrogens (tertiary/aromatic N) is 1. The number of anilines is 1. The van der Waals surface area contributed by atoms with Gasteiger partial charge in [0.25, 0.3) is 0 Å². The first-order chi connectivity index (χ1) is 9.19. The van der Waals surface area contributed by atoms with Crippen molar-refractivity contribution >= 4 is 27.5 Å². The maximum Gasteiger partial charge on any atom is 0.225 e. The van der Waals surface area contributed by atoms with Gasteiger partial charge in [-0.3, -0.25) is 9.69 Å². The van der Waals surface area contributed by atoms with Crippen LogP contribution in [-0.4, -0.2) is 41.7 Å². The Kier molecular flexibility index (Phi) is 5.36. The molecular weight excluding hydrogens is 308 g/mol. The van der Waals surface area contributed by atoms with Gasteiger partial charge >= 0.3 is 0 Å². The van der Waals surface area contributed by atoms with Crippen molar-refractivity contribution in [2.75, 3.05) is 25.0 Å².